The van der Waals surface area contributed by atoms with E-state index in [9.17, 15) is 0 Å². The first-order valence-electron chi connectivity index (χ1n) is 6.56. The Bertz CT molecular complexity index is 756. The molecule has 20 heavy (non-hydrogen) atoms. The van der Waals surface area contributed by atoms with Crippen LogP contribution in [0.15, 0.2) is 46.9 Å². The molecule has 3 heteroatoms. The van der Waals surface area contributed by atoms with Gasteiger partial charge in [-0.1, -0.05) is 29.3 Å². The van der Waals surface area contributed by atoms with Crippen molar-refractivity contribution in [2.75, 3.05) is 0 Å². The molecule has 0 saturated carbocycles. The first-order chi connectivity index (χ1) is 9.52. The van der Waals surface area contributed by atoms with Crippen LogP contribution in [0.5, 0.6) is 0 Å². The topological polar surface area (TPSA) is 39.2 Å². The summed E-state index contributed by atoms with van der Waals surface area (Å²) in [6.07, 6.45) is 0. The van der Waals surface area contributed by atoms with E-state index in [0.29, 0.717) is 5.02 Å². The number of rotatable bonds is 2. The van der Waals surface area contributed by atoms with Crippen LogP contribution in [0.1, 0.15) is 28.5 Å². The minimum absolute atomic E-state index is 0.305. The van der Waals surface area contributed by atoms with Gasteiger partial charge in [0.25, 0.3) is 0 Å². The lowest BCUT2D eigenvalue weighted by atomic mass is 10.0. The van der Waals surface area contributed by atoms with Gasteiger partial charge >= 0.3 is 0 Å². The molecule has 2 aromatic carbocycles. The maximum atomic E-state index is 6.30. The number of nitrogens with two attached hydrogens (primary N) is 1. The Balaban J connectivity index is 2.05. The predicted octanol–water partition coefficient (Wildman–Crippen LogP) is 4.75. The number of furan rings is 1. The molecule has 2 N–H and O–H groups in total. The van der Waals surface area contributed by atoms with Crippen LogP contribution in [0, 0.1) is 13.8 Å². The van der Waals surface area contributed by atoms with Crippen molar-refractivity contribution in [2.45, 2.75) is 19.9 Å². The highest BCUT2D eigenvalue weighted by molar-refractivity contribution is 6.30. The van der Waals surface area contributed by atoms with Crippen LogP contribution in [-0.4, -0.2) is 0 Å². The Morgan fingerprint density at radius 2 is 1.80 bits per heavy atom. The average molecular weight is 286 g/mol. The van der Waals surface area contributed by atoms with Crippen LogP contribution in [0.3, 0.4) is 0 Å². The number of benzene rings is 2. The number of halogens is 1. The minimum Gasteiger partial charge on any atom is -0.459 e. The van der Waals surface area contributed by atoms with Crippen LogP contribution in [0.4, 0.5) is 0 Å². The smallest absolute Gasteiger partial charge is 0.134 e. The van der Waals surface area contributed by atoms with E-state index in [1.165, 1.54) is 5.56 Å². The molecule has 1 unspecified atom stereocenters. The van der Waals surface area contributed by atoms with Gasteiger partial charge < -0.3 is 10.2 Å². The summed E-state index contributed by atoms with van der Waals surface area (Å²) in [7, 11) is 0. The quantitative estimate of drug-likeness (QED) is 0.738. The molecule has 2 nitrogen and oxygen atoms in total. The van der Waals surface area contributed by atoms with Gasteiger partial charge in [-0.3, -0.25) is 0 Å². The second kappa shape index (κ2) is 4.97. The van der Waals surface area contributed by atoms with E-state index < -0.39 is 0 Å². The first kappa shape index (κ1) is 13.2. The lowest BCUT2D eigenvalue weighted by Gasteiger charge is -2.10. The lowest BCUT2D eigenvalue weighted by Crippen LogP contribution is -2.11. The predicted molar refractivity (Wildman–Crippen MR) is 83.2 cm³/mol. The van der Waals surface area contributed by atoms with E-state index in [4.69, 9.17) is 21.8 Å². The van der Waals surface area contributed by atoms with Gasteiger partial charge in [-0.2, -0.15) is 0 Å². The Morgan fingerprint density at radius 3 is 2.55 bits per heavy atom. The van der Waals surface area contributed by atoms with Crippen molar-refractivity contribution in [3.05, 3.63) is 69.9 Å². The van der Waals surface area contributed by atoms with Gasteiger partial charge in [0.15, 0.2) is 0 Å². The van der Waals surface area contributed by atoms with Crippen molar-refractivity contribution >= 4 is 22.6 Å². The fourth-order valence-electron chi connectivity index (χ4n) is 2.45. The normalized spacial score (nSPS) is 12.8. The minimum atomic E-state index is -0.305. The van der Waals surface area contributed by atoms with E-state index in [1.54, 1.807) is 0 Å². The molecule has 0 amide bonds. The second-order valence-electron chi connectivity index (χ2n) is 5.23. The van der Waals surface area contributed by atoms with Crippen molar-refractivity contribution in [1.82, 2.24) is 0 Å². The highest BCUT2D eigenvalue weighted by atomic mass is 35.5. The molecule has 3 aromatic rings. The van der Waals surface area contributed by atoms with Gasteiger partial charge in [0.05, 0.1) is 6.04 Å². The average Bonchev–Trinajstić information content (AvgIpc) is 2.79. The van der Waals surface area contributed by atoms with Crippen LogP contribution >= 0.6 is 11.6 Å². The SMILES string of the molecule is Cc1cc(Cl)cc(C(N)c2cc3cc(C)ccc3o2)c1. The lowest BCUT2D eigenvalue weighted by molar-refractivity contribution is 0.525. The van der Waals surface area contributed by atoms with Gasteiger partial charge in [-0.15, -0.1) is 0 Å². The highest BCUT2D eigenvalue weighted by Crippen LogP contribution is 2.29. The molecule has 102 valence electrons. The van der Waals surface area contributed by atoms with Crippen LogP contribution in [0.25, 0.3) is 11.0 Å². The molecule has 0 spiro atoms. The van der Waals surface area contributed by atoms with E-state index in [2.05, 4.69) is 13.0 Å². The molecule has 0 saturated heterocycles. The monoisotopic (exact) mass is 285 g/mol. The number of aryl methyl sites for hydroxylation is 2. The maximum Gasteiger partial charge on any atom is 0.134 e. The summed E-state index contributed by atoms with van der Waals surface area (Å²) in [4.78, 5) is 0. The molecule has 0 fully saturated rings. The van der Waals surface area contributed by atoms with Crippen molar-refractivity contribution in [2.24, 2.45) is 5.73 Å². The van der Waals surface area contributed by atoms with Gasteiger partial charge in [0, 0.05) is 10.4 Å². The van der Waals surface area contributed by atoms with E-state index >= 15 is 0 Å². The van der Waals surface area contributed by atoms with Crippen LogP contribution in [-0.2, 0) is 0 Å². The molecule has 1 heterocycles. The highest BCUT2D eigenvalue weighted by Gasteiger charge is 2.15. The molecule has 3 rings (SSSR count). The maximum absolute atomic E-state index is 6.30. The molecule has 0 aliphatic carbocycles. The zero-order valence-corrected chi connectivity index (χ0v) is 12.2. The molecule has 1 atom stereocenters. The molecule has 0 aliphatic rings. The third kappa shape index (κ3) is 2.45. The van der Waals surface area contributed by atoms with Crippen molar-refractivity contribution in [3.8, 4) is 0 Å². The largest absolute Gasteiger partial charge is 0.459 e. The van der Waals surface area contributed by atoms with Crippen LogP contribution in [0.2, 0.25) is 5.02 Å². The molecule has 0 bridgehead atoms. The number of fused-ring (bicyclic) bond motifs is 1. The van der Waals surface area contributed by atoms with Crippen LogP contribution < -0.4 is 5.73 Å². The fourth-order valence-corrected chi connectivity index (χ4v) is 2.74. The third-order valence-electron chi connectivity index (χ3n) is 3.42. The summed E-state index contributed by atoms with van der Waals surface area (Å²) in [6.45, 7) is 4.07. The summed E-state index contributed by atoms with van der Waals surface area (Å²) in [5, 5.41) is 1.77. The first-order valence-corrected chi connectivity index (χ1v) is 6.93. The molecule has 0 radical (unpaired) electrons. The molecular formula is C17H16ClNO. The summed E-state index contributed by atoms with van der Waals surface area (Å²) in [5.74, 6) is 0.757. The van der Waals surface area contributed by atoms with Gasteiger partial charge in [-0.25, -0.2) is 0 Å². The molecular weight excluding hydrogens is 270 g/mol. The standard InChI is InChI=1S/C17H16ClNO/c1-10-3-4-15-12(5-10)9-16(20-15)17(19)13-6-11(2)7-14(18)8-13/h3-9,17H,19H2,1-2H3. The Kier molecular flexibility index (Phi) is 3.28. The zero-order valence-electron chi connectivity index (χ0n) is 11.5. The summed E-state index contributed by atoms with van der Waals surface area (Å²) in [6, 6.07) is 13.6. The van der Waals surface area contributed by atoms with Gasteiger partial charge in [-0.05, 0) is 55.3 Å². The summed E-state index contributed by atoms with van der Waals surface area (Å²) in [5.41, 5.74) is 10.4. The Morgan fingerprint density at radius 1 is 1.00 bits per heavy atom. The van der Waals surface area contributed by atoms with Crippen molar-refractivity contribution in [1.29, 1.82) is 0 Å². The number of hydrogen-bond acceptors (Lipinski definition) is 2. The second-order valence-corrected chi connectivity index (χ2v) is 5.67. The summed E-state index contributed by atoms with van der Waals surface area (Å²) < 4.78 is 5.85. The zero-order chi connectivity index (χ0) is 14.3. The third-order valence-corrected chi connectivity index (χ3v) is 3.64. The van der Waals surface area contributed by atoms with E-state index in [-0.39, 0.29) is 6.04 Å². The Hall–Kier alpha value is -1.77. The van der Waals surface area contributed by atoms with Gasteiger partial charge in [0.2, 0.25) is 0 Å². The fraction of sp³-hybridized carbons (Fsp3) is 0.176. The molecule has 0 aliphatic heterocycles. The summed E-state index contributed by atoms with van der Waals surface area (Å²) >= 11 is 6.09. The van der Waals surface area contributed by atoms with Crippen molar-refractivity contribution in [3.63, 3.8) is 0 Å². The van der Waals surface area contributed by atoms with Crippen molar-refractivity contribution < 1.29 is 4.42 Å². The van der Waals surface area contributed by atoms with Gasteiger partial charge in [0.1, 0.15) is 11.3 Å². The van der Waals surface area contributed by atoms with E-state index in [1.807, 2.05) is 43.3 Å². The molecule has 1 aromatic heterocycles. The Labute approximate surface area is 123 Å². The van der Waals surface area contributed by atoms with E-state index in [0.717, 1.165) is 27.9 Å². The number of hydrogen-bond donors (Lipinski definition) is 1.